The fourth-order valence-corrected chi connectivity index (χ4v) is 1.98. The monoisotopic (exact) mass is 248 g/mol. The van der Waals surface area contributed by atoms with E-state index in [9.17, 15) is 4.79 Å². The maximum atomic E-state index is 11.3. The first-order chi connectivity index (χ1) is 8.08. The van der Waals surface area contributed by atoms with Crippen molar-refractivity contribution in [2.45, 2.75) is 13.3 Å². The van der Waals surface area contributed by atoms with E-state index in [1.54, 1.807) is 11.7 Å². The van der Waals surface area contributed by atoms with E-state index < -0.39 is 0 Å². The van der Waals surface area contributed by atoms with Gasteiger partial charge in [0, 0.05) is 25.4 Å². The molecule has 0 unspecified atom stereocenters. The molecule has 0 saturated heterocycles. The Balaban J connectivity index is 2.28. The molecular formula is C13H13ClN2O. The summed E-state index contributed by atoms with van der Waals surface area (Å²) in [7, 11) is 1.77. The third-order valence-electron chi connectivity index (χ3n) is 2.62. The van der Waals surface area contributed by atoms with Gasteiger partial charge < -0.3 is 0 Å². The van der Waals surface area contributed by atoms with Crippen molar-refractivity contribution in [3.05, 3.63) is 52.3 Å². The number of halogens is 1. The molecule has 0 spiro atoms. The number of carbonyl (C=O) groups excluding carboxylic acids is 1. The summed E-state index contributed by atoms with van der Waals surface area (Å²) < 4.78 is 1.61. The number of carbonyl (C=O) groups is 1. The molecule has 0 radical (unpaired) electrons. The Kier molecular flexibility index (Phi) is 3.29. The predicted octanol–water partition coefficient (Wildman–Crippen LogP) is 2.87. The first-order valence-electron chi connectivity index (χ1n) is 5.35. The van der Waals surface area contributed by atoms with Gasteiger partial charge in [0.15, 0.2) is 5.78 Å². The number of aryl methyl sites for hydroxylation is 1. The lowest BCUT2D eigenvalue weighted by Gasteiger charge is -2.00. The molecule has 88 valence electrons. The van der Waals surface area contributed by atoms with Gasteiger partial charge in [-0.05, 0) is 17.7 Å². The van der Waals surface area contributed by atoms with E-state index >= 15 is 0 Å². The van der Waals surface area contributed by atoms with Crippen LogP contribution < -0.4 is 0 Å². The second kappa shape index (κ2) is 4.72. The third-order valence-corrected chi connectivity index (χ3v) is 2.99. The molecular weight excluding hydrogens is 236 g/mol. The van der Waals surface area contributed by atoms with Crippen LogP contribution in [0.1, 0.15) is 28.7 Å². The van der Waals surface area contributed by atoms with Gasteiger partial charge >= 0.3 is 0 Å². The Morgan fingerprint density at radius 2 is 2.12 bits per heavy atom. The summed E-state index contributed by atoms with van der Waals surface area (Å²) >= 11 is 6.08. The summed E-state index contributed by atoms with van der Waals surface area (Å²) in [6.07, 6.45) is 0.640. The number of Topliss-reactive ketones (excluding diaryl/α,β-unsaturated/α-hetero) is 1. The highest BCUT2D eigenvalue weighted by atomic mass is 35.5. The largest absolute Gasteiger partial charge is 0.293 e. The zero-order chi connectivity index (χ0) is 12.4. The van der Waals surface area contributed by atoms with Crippen molar-refractivity contribution in [1.82, 2.24) is 9.78 Å². The molecule has 17 heavy (non-hydrogen) atoms. The topological polar surface area (TPSA) is 34.9 Å². The van der Waals surface area contributed by atoms with Gasteiger partial charge in [-0.3, -0.25) is 9.48 Å². The van der Waals surface area contributed by atoms with Crippen LogP contribution in [-0.4, -0.2) is 15.6 Å². The minimum atomic E-state index is 0.0189. The fourth-order valence-electron chi connectivity index (χ4n) is 1.78. The van der Waals surface area contributed by atoms with E-state index in [2.05, 4.69) is 5.10 Å². The average molecular weight is 249 g/mol. The van der Waals surface area contributed by atoms with Crippen molar-refractivity contribution in [3.63, 3.8) is 0 Å². The molecule has 0 aliphatic rings. The zero-order valence-electron chi connectivity index (χ0n) is 9.77. The minimum absolute atomic E-state index is 0.0189. The molecule has 0 bridgehead atoms. The standard InChI is InChI=1S/C13H13ClN2O/c1-9(17)13-8-11(15-16(13)2)7-10-5-3-4-6-12(10)14/h3-6,8H,7H2,1-2H3. The number of aromatic nitrogens is 2. The maximum Gasteiger partial charge on any atom is 0.177 e. The summed E-state index contributed by atoms with van der Waals surface area (Å²) in [6, 6.07) is 9.46. The SMILES string of the molecule is CC(=O)c1cc(Cc2ccccc2Cl)nn1C. The minimum Gasteiger partial charge on any atom is -0.293 e. The van der Waals surface area contributed by atoms with Crippen molar-refractivity contribution in [1.29, 1.82) is 0 Å². The van der Waals surface area contributed by atoms with Crippen molar-refractivity contribution >= 4 is 17.4 Å². The van der Waals surface area contributed by atoms with Crippen LogP contribution >= 0.6 is 11.6 Å². The summed E-state index contributed by atoms with van der Waals surface area (Å²) in [4.78, 5) is 11.3. The number of rotatable bonds is 3. The first kappa shape index (κ1) is 11.9. The highest BCUT2D eigenvalue weighted by Gasteiger charge is 2.10. The molecule has 3 nitrogen and oxygen atoms in total. The molecule has 2 aromatic rings. The molecule has 0 aliphatic heterocycles. The normalized spacial score (nSPS) is 10.5. The Hall–Kier alpha value is -1.61. The maximum absolute atomic E-state index is 11.3. The van der Waals surface area contributed by atoms with Crippen LogP contribution in [0.3, 0.4) is 0 Å². The Morgan fingerprint density at radius 3 is 2.71 bits per heavy atom. The van der Waals surface area contributed by atoms with Gasteiger partial charge in [-0.15, -0.1) is 0 Å². The molecule has 1 aromatic heterocycles. The fraction of sp³-hybridized carbons (Fsp3) is 0.231. The summed E-state index contributed by atoms with van der Waals surface area (Å²) in [5, 5.41) is 5.03. The van der Waals surface area contributed by atoms with Crippen LogP contribution in [0.5, 0.6) is 0 Å². The molecule has 0 fully saturated rings. The van der Waals surface area contributed by atoms with Gasteiger partial charge in [0.25, 0.3) is 0 Å². The summed E-state index contributed by atoms with van der Waals surface area (Å²) in [5.41, 5.74) is 2.49. The second-order valence-corrected chi connectivity index (χ2v) is 4.38. The number of benzene rings is 1. The molecule has 0 saturated carbocycles. The second-order valence-electron chi connectivity index (χ2n) is 3.97. The number of hydrogen-bond acceptors (Lipinski definition) is 2. The van der Waals surface area contributed by atoms with Gasteiger partial charge in [0.1, 0.15) is 5.69 Å². The van der Waals surface area contributed by atoms with Crippen LogP contribution in [-0.2, 0) is 13.5 Å². The number of ketones is 1. The lowest BCUT2D eigenvalue weighted by molar-refractivity contribution is 0.100. The van der Waals surface area contributed by atoms with Crippen LogP contribution in [0.2, 0.25) is 5.02 Å². The lowest BCUT2D eigenvalue weighted by atomic mass is 10.1. The quantitative estimate of drug-likeness (QED) is 0.783. The van der Waals surface area contributed by atoms with Crippen LogP contribution in [0.15, 0.2) is 30.3 Å². The first-order valence-corrected chi connectivity index (χ1v) is 5.73. The smallest absolute Gasteiger partial charge is 0.177 e. The highest BCUT2D eigenvalue weighted by molar-refractivity contribution is 6.31. The van der Waals surface area contributed by atoms with Crippen LogP contribution in [0.4, 0.5) is 0 Å². The van der Waals surface area contributed by atoms with Crippen molar-refractivity contribution < 1.29 is 4.79 Å². The molecule has 0 N–H and O–H groups in total. The summed E-state index contributed by atoms with van der Waals surface area (Å²) in [5.74, 6) is 0.0189. The molecule has 4 heteroatoms. The average Bonchev–Trinajstić information content (AvgIpc) is 2.63. The van der Waals surface area contributed by atoms with Gasteiger partial charge in [0.05, 0.1) is 5.69 Å². The highest BCUT2D eigenvalue weighted by Crippen LogP contribution is 2.18. The van der Waals surface area contributed by atoms with E-state index in [0.29, 0.717) is 12.1 Å². The van der Waals surface area contributed by atoms with E-state index in [-0.39, 0.29) is 5.78 Å². The molecule has 0 atom stereocenters. The Bertz CT molecular complexity index is 560. The van der Waals surface area contributed by atoms with E-state index in [1.165, 1.54) is 6.92 Å². The van der Waals surface area contributed by atoms with Crippen LogP contribution in [0.25, 0.3) is 0 Å². The van der Waals surface area contributed by atoms with Gasteiger partial charge in [0.2, 0.25) is 0 Å². The zero-order valence-corrected chi connectivity index (χ0v) is 10.5. The van der Waals surface area contributed by atoms with E-state index in [1.807, 2.05) is 30.3 Å². The van der Waals surface area contributed by atoms with Crippen molar-refractivity contribution in [2.24, 2.45) is 7.05 Å². The lowest BCUT2D eigenvalue weighted by Crippen LogP contribution is -2.02. The van der Waals surface area contributed by atoms with Crippen molar-refractivity contribution in [2.75, 3.05) is 0 Å². The van der Waals surface area contributed by atoms with Crippen molar-refractivity contribution in [3.8, 4) is 0 Å². The summed E-state index contributed by atoms with van der Waals surface area (Å²) in [6.45, 7) is 1.54. The molecule has 0 amide bonds. The number of hydrogen-bond donors (Lipinski definition) is 0. The predicted molar refractivity (Wildman–Crippen MR) is 67.5 cm³/mol. The van der Waals surface area contributed by atoms with E-state index in [0.717, 1.165) is 16.3 Å². The molecule has 1 aromatic carbocycles. The van der Waals surface area contributed by atoms with E-state index in [4.69, 9.17) is 11.6 Å². The Labute approximate surface area is 105 Å². The molecule has 2 rings (SSSR count). The molecule has 1 heterocycles. The van der Waals surface area contributed by atoms with Gasteiger partial charge in [-0.1, -0.05) is 29.8 Å². The third kappa shape index (κ3) is 2.56. The molecule has 0 aliphatic carbocycles. The van der Waals surface area contributed by atoms with Gasteiger partial charge in [-0.2, -0.15) is 5.10 Å². The Morgan fingerprint density at radius 1 is 1.41 bits per heavy atom. The number of nitrogens with zero attached hydrogens (tertiary/aromatic N) is 2. The van der Waals surface area contributed by atoms with Crippen LogP contribution in [0, 0.1) is 0 Å². The van der Waals surface area contributed by atoms with Gasteiger partial charge in [-0.25, -0.2) is 0 Å².